The predicted molar refractivity (Wildman–Crippen MR) is 141 cm³/mol. The number of amides is 2. The molecule has 1 aliphatic rings. The molecule has 1 heterocycles. The number of hydrogen-bond acceptors (Lipinski definition) is 5. The van der Waals surface area contributed by atoms with Crippen molar-refractivity contribution in [3.63, 3.8) is 0 Å². The van der Waals surface area contributed by atoms with Crippen LogP contribution in [-0.2, 0) is 11.4 Å². The van der Waals surface area contributed by atoms with Crippen molar-refractivity contribution in [2.24, 2.45) is 0 Å². The number of carbonyl (C=O) groups is 2. The lowest BCUT2D eigenvalue weighted by molar-refractivity contribution is -0.113. The molecule has 174 valence electrons. The summed E-state index contributed by atoms with van der Waals surface area (Å²) < 4.78 is 12.1. The Hall–Kier alpha value is -2.16. The number of imide groups is 1. The van der Waals surface area contributed by atoms with Crippen LogP contribution < -0.4 is 14.4 Å². The molecule has 1 aliphatic heterocycles. The summed E-state index contributed by atoms with van der Waals surface area (Å²) >= 11 is 22.5. The Morgan fingerprint density at radius 3 is 2.38 bits per heavy atom. The van der Waals surface area contributed by atoms with Gasteiger partial charge in [0.25, 0.3) is 11.1 Å². The van der Waals surface area contributed by atoms with Crippen LogP contribution in [0.5, 0.6) is 11.5 Å². The van der Waals surface area contributed by atoms with Gasteiger partial charge in [0.2, 0.25) is 0 Å². The minimum Gasteiger partial charge on any atom is -0.493 e. The van der Waals surface area contributed by atoms with Crippen molar-refractivity contribution in [3.05, 3.63) is 90.2 Å². The van der Waals surface area contributed by atoms with E-state index in [1.807, 2.05) is 0 Å². The van der Waals surface area contributed by atoms with Crippen LogP contribution in [0.1, 0.15) is 11.1 Å². The zero-order chi connectivity index (χ0) is 24.4. The average molecular weight is 600 g/mol. The van der Waals surface area contributed by atoms with Crippen molar-refractivity contribution in [3.8, 4) is 11.5 Å². The van der Waals surface area contributed by atoms with Crippen LogP contribution in [0.15, 0.2) is 64.0 Å². The van der Waals surface area contributed by atoms with Crippen LogP contribution in [0.4, 0.5) is 10.5 Å². The number of ether oxygens (including phenoxy) is 2. The predicted octanol–water partition coefficient (Wildman–Crippen LogP) is 8.24. The Morgan fingerprint density at radius 1 is 1.00 bits per heavy atom. The topological polar surface area (TPSA) is 55.8 Å². The molecule has 0 atom stereocenters. The molecule has 0 unspecified atom stereocenters. The molecule has 1 saturated heterocycles. The van der Waals surface area contributed by atoms with Gasteiger partial charge in [-0.05, 0) is 87.9 Å². The Kier molecular flexibility index (Phi) is 7.80. The minimum atomic E-state index is -0.412. The number of methoxy groups -OCH3 is 1. The van der Waals surface area contributed by atoms with Crippen molar-refractivity contribution < 1.29 is 19.1 Å². The van der Waals surface area contributed by atoms with Crippen LogP contribution >= 0.6 is 62.5 Å². The normalized spacial score (nSPS) is 14.7. The maximum absolute atomic E-state index is 12.9. The van der Waals surface area contributed by atoms with Gasteiger partial charge in [0.15, 0.2) is 11.5 Å². The van der Waals surface area contributed by atoms with Gasteiger partial charge in [0.1, 0.15) is 6.61 Å². The molecular formula is C24H15BrCl3NO4S. The largest absolute Gasteiger partial charge is 0.493 e. The van der Waals surface area contributed by atoms with Crippen LogP contribution in [0.25, 0.3) is 6.08 Å². The summed E-state index contributed by atoms with van der Waals surface area (Å²) in [5.74, 6) is 0.507. The second-order valence-electron chi connectivity index (χ2n) is 7.05. The van der Waals surface area contributed by atoms with E-state index in [4.69, 9.17) is 44.3 Å². The van der Waals surface area contributed by atoms with E-state index in [-0.39, 0.29) is 16.8 Å². The van der Waals surface area contributed by atoms with Crippen LogP contribution in [0.2, 0.25) is 15.1 Å². The van der Waals surface area contributed by atoms with E-state index >= 15 is 0 Å². The Labute approximate surface area is 223 Å². The van der Waals surface area contributed by atoms with E-state index in [0.717, 1.165) is 22.2 Å². The third-order valence-electron chi connectivity index (χ3n) is 4.82. The van der Waals surface area contributed by atoms with E-state index < -0.39 is 5.91 Å². The zero-order valence-electron chi connectivity index (χ0n) is 17.5. The van der Waals surface area contributed by atoms with E-state index in [9.17, 15) is 9.59 Å². The van der Waals surface area contributed by atoms with Crippen LogP contribution in [0.3, 0.4) is 0 Å². The van der Waals surface area contributed by atoms with Gasteiger partial charge in [0.05, 0.1) is 22.2 Å². The molecule has 3 aromatic carbocycles. The maximum atomic E-state index is 12.9. The molecule has 34 heavy (non-hydrogen) atoms. The summed E-state index contributed by atoms with van der Waals surface area (Å²) in [6, 6.07) is 15.2. The van der Waals surface area contributed by atoms with Gasteiger partial charge in [-0.1, -0.05) is 40.9 Å². The third kappa shape index (κ3) is 5.39. The number of halogens is 4. The number of rotatable bonds is 6. The lowest BCUT2D eigenvalue weighted by Gasteiger charge is -2.14. The van der Waals surface area contributed by atoms with Crippen molar-refractivity contribution in [1.29, 1.82) is 0 Å². The van der Waals surface area contributed by atoms with Crippen LogP contribution in [0, 0.1) is 0 Å². The third-order valence-corrected chi connectivity index (χ3v) is 7.11. The van der Waals surface area contributed by atoms with Crippen molar-refractivity contribution in [2.75, 3.05) is 12.0 Å². The number of hydrogen-bond donors (Lipinski definition) is 0. The SMILES string of the molecule is COc1cc(/C=C2/SC(=O)N(c3ccc(Cl)cc3)C2=O)cc(Br)c1OCc1ccc(Cl)cc1Cl. The minimum absolute atomic E-state index is 0.199. The summed E-state index contributed by atoms with van der Waals surface area (Å²) in [4.78, 5) is 26.8. The Bertz CT molecular complexity index is 1310. The number of nitrogens with zero attached hydrogens (tertiary/aromatic N) is 1. The van der Waals surface area contributed by atoms with Gasteiger partial charge in [-0.2, -0.15) is 0 Å². The van der Waals surface area contributed by atoms with Gasteiger partial charge in [0, 0.05) is 20.6 Å². The Morgan fingerprint density at radius 2 is 1.71 bits per heavy atom. The zero-order valence-corrected chi connectivity index (χ0v) is 22.2. The monoisotopic (exact) mass is 597 g/mol. The molecule has 0 aliphatic carbocycles. The molecule has 2 amide bonds. The summed E-state index contributed by atoms with van der Waals surface area (Å²) in [5, 5.41) is 1.17. The second kappa shape index (κ2) is 10.6. The van der Waals surface area contributed by atoms with Gasteiger partial charge in [-0.15, -0.1) is 0 Å². The van der Waals surface area contributed by atoms with E-state index in [2.05, 4.69) is 15.9 Å². The van der Waals surface area contributed by atoms with E-state index in [0.29, 0.717) is 42.3 Å². The van der Waals surface area contributed by atoms with Crippen molar-refractivity contribution >= 4 is 85.4 Å². The maximum Gasteiger partial charge on any atom is 0.298 e. The second-order valence-corrected chi connectivity index (χ2v) is 10.2. The number of thioether (sulfide) groups is 1. The summed E-state index contributed by atoms with van der Waals surface area (Å²) in [6.45, 7) is 0.199. The van der Waals surface area contributed by atoms with Gasteiger partial charge < -0.3 is 9.47 Å². The van der Waals surface area contributed by atoms with Gasteiger partial charge in [-0.3, -0.25) is 9.59 Å². The molecule has 0 radical (unpaired) electrons. The lowest BCUT2D eigenvalue weighted by atomic mass is 10.1. The number of carbonyl (C=O) groups excluding carboxylic acids is 2. The fraction of sp³-hybridized carbons (Fsp3) is 0.0833. The molecular weight excluding hydrogens is 585 g/mol. The summed E-state index contributed by atoms with van der Waals surface area (Å²) in [6.07, 6.45) is 1.63. The van der Waals surface area contributed by atoms with Crippen molar-refractivity contribution in [1.82, 2.24) is 0 Å². The molecule has 5 nitrogen and oxygen atoms in total. The molecule has 1 fully saturated rings. The molecule has 0 N–H and O–H groups in total. The molecule has 0 aromatic heterocycles. The standard InChI is InChI=1S/C24H15BrCl3NO4S/c1-32-20-9-13(8-18(25)22(20)33-12-14-2-3-16(27)11-19(14)28)10-21-23(30)29(24(31)34-21)17-6-4-15(26)5-7-17/h2-11H,12H2,1H3/b21-10+. The smallest absolute Gasteiger partial charge is 0.298 e. The van der Waals surface area contributed by atoms with E-state index in [1.165, 1.54) is 7.11 Å². The average Bonchev–Trinajstić information content (AvgIpc) is 3.07. The Balaban J connectivity index is 1.58. The first-order valence-electron chi connectivity index (χ1n) is 9.74. The molecule has 0 bridgehead atoms. The quantitative estimate of drug-likeness (QED) is 0.267. The summed E-state index contributed by atoms with van der Waals surface area (Å²) in [5.41, 5.74) is 1.88. The molecule has 3 aromatic rings. The highest BCUT2D eigenvalue weighted by molar-refractivity contribution is 9.10. The molecule has 4 rings (SSSR count). The first-order valence-corrected chi connectivity index (χ1v) is 12.5. The lowest BCUT2D eigenvalue weighted by Crippen LogP contribution is -2.27. The highest BCUT2D eigenvalue weighted by atomic mass is 79.9. The fourth-order valence-corrected chi connectivity index (χ4v) is 5.19. The molecule has 0 spiro atoms. The first-order chi connectivity index (χ1) is 16.3. The fourth-order valence-electron chi connectivity index (χ4n) is 3.18. The highest BCUT2D eigenvalue weighted by Gasteiger charge is 2.36. The molecule has 0 saturated carbocycles. The number of benzene rings is 3. The van der Waals surface area contributed by atoms with Gasteiger partial charge >= 0.3 is 0 Å². The summed E-state index contributed by atoms with van der Waals surface area (Å²) in [7, 11) is 1.52. The van der Waals surface area contributed by atoms with E-state index in [1.54, 1.807) is 60.7 Å². The molecule has 10 heteroatoms. The number of anilines is 1. The van der Waals surface area contributed by atoms with Gasteiger partial charge in [-0.25, -0.2) is 4.90 Å². The van der Waals surface area contributed by atoms with Crippen LogP contribution in [-0.4, -0.2) is 18.3 Å². The highest BCUT2D eigenvalue weighted by Crippen LogP contribution is 2.40. The first kappa shape index (κ1) is 24.9. The van der Waals surface area contributed by atoms with Crippen molar-refractivity contribution in [2.45, 2.75) is 6.61 Å².